The molecule has 0 N–H and O–H groups in total. The van der Waals surface area contributed by atoms with Crippen LogP contribution in [0.25, 0.3) is 0 Å². The lowest BCUT2D eigenvalue weighted by Crippen LogP contribution is -2.36. The number of benzene rings is 1. The molecule has 0 aromatic heterocycles. The van der Waals surface area contributed by atoms with Gasteiger partial charge in [-0.05, 0) is 138 Å². The molecule has 1 aromatic rings. The SMILES string of the molecule is CCOc1ccc(OCC2=CC=C(C3CCC(C4CCC5CC(OCC)CCC5C4)CC3)CC2)c(F)c1F. The third-order valence-electron chi connectivity index (χ3n) is 9.96. The number of halogens is 2. The summed E-state index contributed by atoms with van der Waals surface area (Å²) in [6.45, 7) is 5.31. The Morgan fingerprint density at radius 3 is 1.97 bits per heavy atom. The van der Waals surface area contributed by atoms with Crippen molar-refractivity contribution in [3.63, 3.8) is 0 Å². The first-order valence-electron chi connectivity index (χ1n) is 15.3. The summed E-state index contributed by atoms with van der Waals surface area (Å²) in [7, 11) is 0. The number of hydrogen-bond acceptors (Lipinski definition) is 3. The quantitative estimate of drug-likeness (QED) is 0.320. The van der Waals surface area contributed by atoms with Crippen molar-refractivity contribution in [3.05, 3.63) is 47.1 Å². The molecule has 38 heavy (non-hydrogen) atoms. The zero-order chi connectivity index (χ0) is 26.5. The fourth-order valence-corrected chi connectivity index (χ4v) is 7.88. The monoisotopic (exact) mass is 528 g/mol. The van der Waals surface area contributed by atoms with Crippen LogP contribution >= 0.6 is 0 Å². The van der Waals surface area contributed by atoms with Crippen LogP contribution in [-0.2, 0) is 4.74 Å². The van der Waals surface area contributed by atoms with Crippen LogP contribution < -0.4 is 9.47 Å². The van der Waals surface area contributed by atoms with E-state index in [1.165, 1.54) is 76.3 Å². The first-order chi connectivity index (χ1) is 18.6. The van der Waals surface area contributed by atoms with Crippen molar-refractivity contribution in [2.75, 3.05) is 19.8 Å². The molecule has 0 heterocycles. The van der Waals surface area contributed by atoms with Gasteiger partial charge in [0.1, 0.15) is 6.61 Å². The van der Waals surface area contributed by atoms with Crippen LogP contribution in [0.3, 0.4) is 0 Å². The standard InChI is InChI=1S/C33H46F2O3/c1-3-36-29-16-15-27-19-26(13-14-28(27)20-29)25-11-9-24(10-12-25)23-7-5-22(6-8-23)21-38-31-18-17-30(37-4-2)32(34)33(31)35/h5,7,17-18,24-29H,3-4,6,8-16,19-21H2,1-2H3. The first kappa shape index (κ1) is 27.7. The van der Waals surface area contributed by atoms with Crippen LogP contribution in [-0.4, -0.2) is 25.9 Å². The molecule has 1 aromatic carbocycles. The lowest BCUT2D eigenvalue weighted by molar-refractivity contribution is -0.0208. The molecule has 0 aliphatic heterocycles. The zero-order valence-corrected chi connectivity index (χ0v) is 23.4. The summed E-state index contributed by atoms with van der Waals surface area (Å²) < 4.78 is 45.1. The Morgan fingerprint density at radius 2 is 1.32 bits per heavy atom. The van der Waals surface area contributed by atoms with E-state index in [1.54, 1.807) is 12.5 Å². The molecule has 0 amide bonds. The maximum atomic E-state index is 14.3. The van der Waals surface area contributed by atoms with Gasteiger partial charge >= 0.3 is 0 Å². The third-order valence-corrected chi connectivity index (χ3v) is 9.96. The Bertz CT molecular complexity index is 994. The van der Waals surface area contributed by atoms with Gasteiger partial charge < -0.3 is 14.2 Å². The predicted molar refractivity (Wildman–Crippen MR) is 147 cm³/mol. The minimum Gasteiger partial charge on any atom is -0.491 e. The van der Waals surface area contributed by atoms with Gasteiger partial charge in [0.25, 0.3) is 0 Å². The Labute approximate surface area is 228 Å². The predicted octanol–water partition coefficient (Wildman–Crippen LogP) is 8.82. The van der Waals surface area contributed by atoms with Crippen molar-refractivity contribution in [1.82, 2.24) is 0 Å². The zero-order valence-electron chi connectivity index (χ0n) is 23.4. The molecule has 4 aliphatic carbocycles. The van der Waals surface area contributed by atoms with E-state index in [9.17, 15) is 8.78 Å². The lowest BCUT2D eigenvalue weighted by Gasteiger charge is -2.45. The summed E-state index contributed by atoms with van der Waals surface area (Å²) in [5, 5.41) is 0. The van der Waals surface area contributed by atoms with Crippen molar-refractivity contribution < 1.29 is 23.0 Å². The summed E-state index contributed by atoms with van der Waals surface area (Å²) in [5.41, 5.74) is 2.70. The van der Waals surface area contributed by atoms with E-state index >= 15 is 0 Å². The topological polar surface area (TPSA) is 27.7 Å². The van der Waals surface area contributed by atoms with E-state index in [0.717, 1.165) is 48.7 Å². The molecule has 0 bridgehead atoms. The van der Waals surface area contributed by atoms with E-state index in [0.29, 0.717) is 12.0 Å². The second kappa shape index (κ2) is 13.0. The summed E-state index contributed by atoms with van der Waals surface area (Å²) in [4.78, 5) is 0. The van der Waals surface area contributed by atoms with Crippen molar-refractivity contribution in [2.45, 2.75) is 97.0 Å². The van der Waals surface area contributed by atoms with Gasteiger partial charge in [-0.3, -0.25) is 0 Å². The molecule has 0 radical (unpaired) electrons. The summed E-state index contributed by atoms with van der Waals surface area (Å²) >= 11 is 0. The second-order valence-corrected chi connectivity index (χ2v) is 12.1. The van der Waals surface area contributed by atoms with E-state index in [-0.39, 0.29) is 24.7 Å². The van der Waals surface area contributed by atoms with Gasteiger partial charge in [-0.1, -0.05) is 17.7 Å². The number of allylic oxidation sites excluding steroid dienone is 3. The van der Waals surface area contributed by atoms with Gasteiger partial charge in [0.2, 0.25) is 11.6 Å². The summed E-state index contributed by atoms with van der Waals surface area (Å²) in [6.07, 6.45) is 20.6. The fraction of sp³-hybridized carbons (Fsp3) is 0.697. The minimum atomic E-state index is -0.984. The molecular weight excluding hydrogens is 482 g/mol. The number of fused-ring (bicyclic) bond motifs is 1. The molecule has 4 atom stereocenters. The summed E-state index contributed by atoms with van der Waals surface area (Å²) in [6, 6.07) is 2.88. The molecule has 0 spiro atoms. The minimum absolute atomic E-state index is 0.0590. The fourth-order valence-electron chi connectivity index (χ4n) is 7.88. The van der Waals surface area contributed by atoms with Gasteiger partial charge in [0.05, 0.1) is 12.7 Å². The number of hydrogen-bond donors (Lipinski definition) is 0. The molecule has 210 valence electrons. The molecule has 3 saturated carbocycles. The number of rotatable bonds is 9. The van der Waals surface area contributed by atoms with Gasteiger partial charge in [-0.15, -0.1) is 0 Å². The van der Waals surface area contributed by atoms with Crippen molar-refractivity contribution in [3.8, 4) is 11.5 Å². The summed E-state index contributed by atoms with van der Waals surface area (Å²) in [5.74, 6) is 2.33. The maximum Gasteiger partial charge on any atom is 0.204 e. The van der Waals surface area contributed by atoms with E-state index in [1.807, 2.05) is 0 Å². The molecule has 5 heteroatoms. The van der Waals surface area contributed by atoms with Crippen molar-refractivity contribution in [1.29, 1.82) is 0 Å². The highest BCUT2D eigenvalue weighted by molar-refractivity contribution is 5.35. The second-order valence-electron chi connectivity index (χ2n) is 12.1. The third kappa shape index (κ3) is 6.46. The Balaban J connectivity index is 1.07. The van der Waals surface area contributed by atoms with Crippen LogP contribution in [0.1, 0.15) is 90.9 Å². The lowest BCUT2D eigenvalue weighted by atomic mass is 9.61. The average Bonchev–Trinajstić information content (AvgIpc) is 2.95. The van der Waals surface area contributed by atoms with E-state index in [4.69, 9.17) is 14.2 Å². The van der Waals surface area contributed by atoms with Crippen molar-refractivity contribution >= 4 is 0 Å². The Morgan fingerprint density at radius 1 is 0.684 bits per heavy atom. The Kier molecular flexibility index (Phi) is 9.46. The molecule has 4 aliphatic rings. The van der Waals surface area contributed by atoms with Gasteiger partial charge in [0.15, 0.2) is 11.5 Å². The maximum absolute atomic E-state index is 14.3. The first-order valence-corrected chi connectivity index (χ1v) is 15.3. The van der Waals surface area contributed by atoms with Crippen LogP contribution in [0.15, 0.2) is 35.4 Å². The van der Waals surface area contributed by atoms with Crippen LogP contribution in [0.4, 0.5) is 8.78 Å². The van der Waals surface area contributed by atoms with E-state index < -0.39 is 11.6 Å². The Hall–Kier alpha value is -1.88. The molecule has 5 rings (SSSR count). The van der Waals surface area contributed by atoms with Crippen LogP contribution in [0, 0.1) is 41.2 Å². The van der Waals surface area contributed by atoms with E-state index in [2.05, 4.69) is 19.1 Å². The number of ether oxygens (including phenoxy) is 3. The van der Waals surface area contributed by atoms with Gasteiger partial charge in [-0.25, -0.2) is 0 Å². The van der Waals surface area contributed by atoms with Gasteiger partial charge in [0, 0.05) is 6.61 Å². The average molecular weight is 529 g/mol. The smallest absolute Gasteiger partial charge is 0.204 e. The normalized spacial score (nSPS) is 31.7. The highest BCUT2D eigenvalue weighted by Gasteiger charge is 2.39. The highest BCUT2D eigenvalue weighted by Crippen LogP contribution is 2.49. The van der Waals surface area contributed by atoms with Crippen LogP contribution in [0.5, 0.6) is 11.5 Å². The van der Waals surface area contributed by atoms with Crippen LogP contribution in [0.2, 0.25) is 0 Å². The highest BCUT2D eigenvalue weighted by atomic mass is 19.2. The molecule has 3 nitrogen and oxygen atoms in total. The van der Waals surface area contributed by atoms with Gasteiger partial charge in [-0.2, -0.15) is 8.78 Å². The molecule has 4 unspecified atom stereocenters. The molecular formula is C33H46F2O3. The molecule has 0 saturated heterocycles. The molecule has 3 fully saturated rings. The largest absolute Gasteiger partial charge is 0.491 e. The van der Waals surface area contributed by atoms with Crippen molar-refractivity contribution in [2.24, 2.45) is 29.6 Å².